The van der Waals surface area contributed by atoms with Crippen molar-refractivity contribution in [3.05, 3.63) is 35.4 Å². The Morgan fingerprint density at radius 3 is 2.81 bits per heavy atom. The van der Waals surface area contributed by atoms with E-state index in [0.717, 1.165) is 31.4 Å². The lowest BCUT2D eigenvalue weighted by molar-refractivity contribution is -0.137. The molecule has 2 atom stereocenters. The number of rotatable bonds is 3. The van der Waals surface area contributed by atoms with Crippen LogP contribution in [0.2, 0.25) is 0 Å². The van der Waals surface area contributed by atoms with E-state index in [1.54, 1.807) is 0 Å². The highest BCUT2D eigenvalue weighted by Crippen LogP contribution is 2.29. The molecule has 0 aromatic heterocycles. The number of benzene rings is 1. The third-order valence-corrected chi connectivity index (χ3v) is 3.67. The standard InChI is InChI=1S/C15H19F3N2O/c1-10-4-2-7-13(20-10)9-19-14(21)11-5-3-6-12(8-11)15(16,17)18/h3,5-6,8,10,13,20H,2,4,7,9H2,1H3,(H,19,21). The van der Waals surface area contributed by atoms with Crippen molar-refractivity contribution in [3.8, 4) is 0 Å². The molecule has 2 N–H and O–H groups in total. The lowest BCUT2D eigenvalue weighted by Gasteiger charge is -2.28. The van der Waals surface area contributed by atoms with Gasteiger partial charge in [0.2, 0.25) is 0 Å². The Hall–Kier alpha value is -1.56. The molecule has 1 saturated heterocycles. The summed E-state index contributed by atoms with van der Waals surface area (Å²) in [5.41, 5.74) is -0.770. The van der Waals surface area contributed by atoms with E-state index in [1.165, 1.54) is 12.1 Å². The quantitative estimate of drug-likeness (QED) is 0.901. The molecular formula is C15H19F3N2O. The van der Waals surface area contributed by atoms with Crippen LogP contribution >= 0.6 is 0 Å². The van der Waals surface area contributed by atoms with E-state index in [2.05, 4.69) is 17.6 Å². The fourth-order valence-corrected chi connectivity index (χ4v) is 2.56. The number of alkyl halides is 3. The maximum Gasteiger partial charge on any atom is 0.416 e. The molecule has 0 saturated carbocycles. The van der Waals surface area contributed by atoms with Crippen molar-refractivity contribution in [2.75, 3.05) is 6.54 Å². The Balaban J connectivity index is 1.94. The SMILES string of the molecule is CC1CCCC(CNC(=O)c2cccc(C(F)(F)F)c2)N1. The van der Waals surface area contributed by atoms with Crippen LogP contribution in [0.3, 0.4) is 0 Å². The van der Waals surface area contributed by atoms with Crippen molar-refractivity contribution >= 4 is 5.91 Å². The summed E-state index contributed by atoms with van der Waals surface area (Å²) < 4.78 is 37.8. The minimum Gasteiger partial charge on any atom is -0.350 e. The molecular weight excluding hydrogens is 281 g/mol. The largest absolute Gasteiger partial charge is 0.416 e. The van der Waals surface area contributed by atoms with E-state index in [4.69, 9.17) is 0 Å². The molecule has 0 radical (unpaired) electrons. The zero-order valence-electron chi connectivity index (χ0n) is 11.8. The number of hydrogen-bond acceptors (Lipinski definition) is 2. The zero-order chi connectivity index (χ0) is 15.5. The maximum atomic E-state index is 12.6. The third-order valence-electron chi connectivity index (χ3n) is 3.67. The van der Waals surface area contributed by atoms with Gasteiger partial charge < -0.3 is 10.6 Å². The van der Waals surface area contributed by atoms with E-state index in [1.807, 2.05) is 0 Å². The molecule has 1 aliphatic heterocycles. The Labute approximate surface area is 121 Å². The minimum absolute atomic E-state index is 0.0358. The van der Waals surface area contributed by atoms with Gasteiger partial charge in [-0.3, -0.25) is 4.79 Å². The highest BCUT2D eigenvalue weighted by Gasteiger charge is 2.31. The molecule has 116 valence electrons. The molecule has 2 unspecified atom stereocenters. The van der Waals surface area contributed by atoms with Crippen molar-refractivity contribution in [2.24, 2.45) is 0 Å². The zero-order valence-corrected chi connectivity index (χ0v) is 11.8. The second kappa shape index (κ2) is 6.47. The van der Waals surface area contributed by atoms with E-state index in [0.29, 0.717) is 12.6 Å². The van der Waals surface area contributed by atoms with E-state index >= 15 is 0 Å². The van der Waals surface area contributed by atoms with Gasteiger partial charge in [-0.05, 0) is 38.0 Å². The van der Waals surface area contributed by atoms with Gasteiger partial charge in [0, 0.05) is 24.2 Å². The summed E-state index contributed by atoms with van der Waals surface area (Å²) in [6.45, 7) is 2.51. The predicted octanol–water partition coefficient (Wildman–Crippen LogP) is 2.97. The maximum absolute atomic E-state index is 12.6. The average Bonchev–Trinajstić information content (AvgIpc) is 2.44. The molecule has 1 amide bonds. The van der Waals surface area contributed by atoms with Crippen LogP contribution in [0.25, 0.3) is 0 Å². The second-order valence-corrected chi connectivity index (χ2v) is 5.48. The lowest BCUT2D eigenvalue weighted by atomic mass is 9.99. The van der Waals surface area contributed by atoms with Gasteiger partial charge in [-0.2, -0.15) is 13.2 Å². The molecule has 1 fully saturated rings. The Bertz CT molecular complexity index is 502. The summed E-state index contributed by atoms with van der Waals surface area (Å²) in [6, 6.07) is 5.07. The number of halogens is 3. The highest BCUT2D eigenvalue weighted by molar-refractivity contribution is 5.94. The fourth-order valence-electron chi connectivity index (χ4n) is 2.56. The van der Waals surface area contributed by atoms with Crippen molar-refractivity contribution in [3.63, 3.8) is 0 Å². The first-order valence-corrected chi connectivity index (χ1v) is 7.08. The number of nitrogens with one attached hydrogen (secondary N) is 2. The smallest absolute Gasteiger partial charge is 0.350 e. The summed E-state index contributed by atoms with van der Waals surface area (Å²) in [4.78, 5) is 11.9. The summed E-state index contributed by atoms with van der Waals surface area (Å²) in [5.74, 6) is -0.471. The number of amides is 1. The first kappa shape index (κ1) is 15.8. The highest BCUT2D eigenvalue weighted by atomic mass is 19.4. The van der Waals surface area contributed by atoms with Crippen LogP contribution in [-0.4, -0.2) is 24.5 Å². The molecule has 0 bridgehead atoms. The molecule has 2 rings (SSSR count). The fraction of sp³-hybridized carbons (Fsp3) is 0.533. The normalized spacial score (nSPS) is 22.9. The number of piperidine rings is 1. The van der Waals surface area contributed by atoms with Gasteiger partial charge in [0.05, 0.1) is 5.56 Å². The number of carbonyl (C=O) groups excluding carboxylic acids is 1. The van der Waals surface area contributed by atoms with Gasteiger partial charge in [-0.1, -0.05) is 12.5 Å². The Morgan fingerprint density at radius 2 is 2.14 bits per heavy atom. The number of hydrogen-bond donors (Lipinski definition) is 2. The summed E-state index contributed by atoms with van der Waals surface area (Å²) in [7, 11) is 0. The van der Waals surface area contributed by atoms with Gasteiger partial charge in [0.25, 0.3) is 5.91 Å². The Kier molecular flexibility index (Phi) is 4.88. The van der Waals surface area contributed by atoms with Gasteiger partial charge >= 0.3 is 6.18 Å². The second-order valence-electron chi connectivity index (χ2n) is 5.48. The van der Waals surface area contributed by atoms with Crippen LogP contribution in [0.15, 0.2) is 24.3 Å². The van der Waals surface area contributed by atoms with Crippen LogP contribution in [0.1, 0.15) is 42.1 Å². The van der Waals surface area contributed by atoms with Crippen molar-refractivity contribution < 1.29 is 18.0 Å². The van der Waals surface area contributed by atoms with Crippen LogP contribution < -0.4 is 10.6 Å². The van der Waals surface area contributed by atoms with Crippen LogP contribution in [0.4, 0.5) is 13.2 Å². The molecule has 0 aliphatic carbocycles. The minimum atomic E-state index is -4.43. The van der Waals surface area contributed by atoms with Crippen molar-refractivity contribution in [1.82, 2.24) is 10.6 Å². The van der Waals surface area contributed by atoms with Crippen molar-refractivity contribution in [1.29, 1.82) is 0 Å². The van der Waals surface area contributed by atoms with Crippen molar-refractivity contribution in [2.45, 2.75) is 44.4 Å². The molecule has 1 aliphatic rings. The van der Waals surface area contributed by atoms with E-state index in [9.17, 15) is 18.0 Å². The van der Waals surface area contributed by atoms with Crippen LogP contribution in [-0.2, 0) is 6.18 Å². The molecule has 21 heavy (non-hydrogen) atoms. The van der Waals surface area contributed by atoms with E-state index in [-0.39, 0.29) is 11.6 Å². The predicted molar refractivity (Wildman–Crippen MR) is 74.0 cm³/mol. The topological polar surface area (TPSA) is 41.1 Å². The van der Waals surface area contributed by atoms with Gasteiger partial charge in [-0.25, -0.2) is 0 Å². The third kappa shape index (κ3) is 4.46. The Morgan fingerprint density at radius 1 is 1.38 bits per heavy atom. The molecule has 6 heteroatoms. The van der Waals surface area contributed by atoms with E-state index < -0.39 is 17.6 Å². The van der Waals surface area contributed by atoms with Crippen LogP contribution in [0.5, 0.6) is 0 Å². The lowest BCUT2D eigenvalue weighted by Crippen LogP contribution is -2.47. The first-order valence-electron chi connectivity index (χ1n) is 7.08. The monoisotopic (exact) mass is 300 g/mol. The molecule has 0 spiro atoms. The summed E-state index contributed by atoms with van der Waals surface area (Å²) in [5, 5.41) is 6.06. The molecule has 3 nitrogen and oxygen atoms in total. The van der Waals surface area contributed by atoms with Crippen LogP contribution in [0, 0.1) is 0 Å². The summed E-state index contributed by atoms with van der Waals surface area (Å²) >= 11 is 0. The molecule has 1 aromatic carbocycles. The molecule has 1 heterocycles. The van der Waals surface area contributed by atoms with Gasteiger partial charge in [-0.15, -0.1) is 0 Å². The first-order chi connectivity index (χ1) is 9.86. The average molecular weight is 300 g/mol. The summed E-state index contributed by atoms with van der Waals surface area (Å²) in [6.07, 6.45) is -1.26. The van der Waals surface area contributed by atoms with Gasteiger partial charge in [0.1, 0.15) is 0 Å². The molecule has 1 aromatic rings. The van der Waals surface area contributed by atoms with Gasteiger partial charge in [0.15, 0.2) is 0 Å². The number of carbonyl (C=O) groups is 1.